The van der Waals surface area contributed by atoms with Crippen LogP contribution in [-0.2, 0) is 76.5 Å². The number of amides is 12. The van der Waals surface area contributed by atoms with Crippen LogP contribution < -0.4 is 63.8 Å². The fourth-order valence-corrected chi connectivity index (χ4v) is 11.2. The number of hydrogen-bond acceptors (Lipinski definition) is 32. The predicted octanol–water partition coefficient (Wildman–Crippen LogP) is -18.6. The summed E-state index contributed by atoms with van der Waals surface area (Å²) < 4.78 is 22.0. The molecule has 5 aliphatic heterocycles. The summed E-state index contributed by atoms with van der Waals surface area (Å²) in [5, 5.41) is 191. The molecule has 44 nitrogen and oxygen atoms in total. The van der Waals surface area contributed by atoms with Gasteiger partial charge in [-0.05, 0) is 51.4 Å². The van der Waals surface area contributed by atoms with Gasteiger partial charge in [0, 0.05) is 0 Å². The van der Waals surface area contributed by atoms with Gasteiger partial charge < -0.3 is 164 Å². The lowest BCUT2D eigenvalue weighted by Gasteiger charge is -2.40. The van der Waals surface area contributed by atoms with Crippen molar-refractivity contribution < 1.29 is 158 Å². The van der Waals surface area contributed by atoms with Gasteiger partial charge in [0.25, 0.3) is 0 Å². The molecule has 0 unspecified atom stereocenters. The Labute approximate surface area is 567 Å². The highest BCUT2D eigenvalue weighted by Crippen LogP contribution is 2.29. The van der Waals surface area contributed by atoms with Gasteiger partial charge in [0.2, 0.25) is 70.9 Å². The van der Waals surface area contributed by atoms with Crippen molar-refractivity contribution in [2.24, 2.45) is 0 Å². The second-order valence-electron chi connectivity index (χ2n) is 24.2. The standard InChI is InChI=1S/C56H92N12O32/c69-17-29-45(85)49(89)41(81)25(97-29)5-1-21-53(93)61-9-33(73)58-14-38(78)66-23(3-7-27-43(83)51(91)47(87)31(19-71)99-27)55(95)63-11-35(75)60-16-40(80)68-24(4-8-28-44(84)52(92)48(88)32(20-72)100-28)56(96)64-12-36(76)59-15-39(79)67-22(54(94)62-10-34(74)57-13-37(77)65-21)2-6-26-42(82)50(90)46(86)30(18-70)98-26/h21-32,41-52,69-72,81-92H,1-20H2,(H,57,74)(H,58,73)(H,59,76)(H,60,75)(H,61,93)(H,62,94)(H,63,95)(H,64,96)(H,65,77)(H,66,78)(H,67,79)(H,68,80)/t21-,22-,23-,24-,25+,26+,27+,28+,29+,30+,31+,32+,41-,42-,43-,44-,45-,46-,47-,48-,49+,50+,51+,52+/m0/s1. The Balaban J connectivity index is 1.38. The normalized spacial score (nSPS) is 37.2. The second-order valence-corrected chi connectivity index (χ2v) is 24.2. The molecular formula is C56H92N12O32. The van der Waals surface area contributed by atoms with Crippen LogP contribution in [0.25, 0.3) is 0 Å². The van der Waals surface area contributed by atoms with Gasteiger partial charge in [-0.2, -0.15) is 0 Å². The summed E-state index contributed by atoms with van der Waals surface area (Å²) in [6, 6.07) is -6.77. The van der Waals surface area contributed by atoms with Crippen LogP contribution in [0, 0.1) is 0 Å². The Hall–Kier alpha value is -7.16. The molecule has 100 heavy (non-hydrogen) atoms. The molecule has 0 bridgehead atoms. The van der Waals surface area contributed by atoms with Crippen LogP contribution in [0.3, 0.4) is 0 Å². The van der Waals surface area contributed by atoms with Crippen molar-refractivity contribution in [1.29, 1.82) is 0 Å². The van der Waals surface area contributed by atoms with Gasteiger partial charge in [0.15, 0.2) is 0 Å². The van der Waals surface area contributed by atoms with Gasteiger partial charge in [0.05, 0.1) is 103 Å². The van der Waals surface area contributed by atoms with Crippen LogP contribution in [0.1, 0.15) is 51.4 Å². The van der Waals surface area contributed by atoms with E-state index in [1.54, 1.807) is 0 Å². The minimum absolute atomic E-state index is 0.405. The van der Waals surface area contributed by atoms with Crippen molar-refractivity contribution >= 4 is 70.9 Å². The predicted molar refractivity (Wildman–Crippen MR) is 324 cm³/mol. The van der Waals surface area contributed by atoms with Gasteiger partial charge in [-0.1, -0.05) is 0 Å². The molecule has 0 radical (unpaired) electrons. The van der Waals surface area contributed by atoms with E-state index >= 15 is 0 Å². The van der Waals surface area contributed by atoms with Gasteiger partial charge >= 0.3 is 0 Å². The van der Waals surface area contributed by atoms with Crippen molar-refractivity contribution in [3.8, 4) is 0 Å². The first-order chi connectivity index (χ1) is 47.3. The fourth-order valence-electron chi connectivity index (χ4n) is 11.2. The van der Waals surface area contributed by atoms with Crippen molar-refractivity contribution in [1.82, 2.24) is 63.8 Å². The van der Waals surface area contributed by atoms with Crippen molar-refractivity contribution in [3.05, 3.63) is 0 Å². The quantitative estimate of drug-likeness (QED) is 0.0682. The molecule has 5 saturated heterocycles. The molecule has 0 aromatic rings. The van der Waals surface area contributed by atoms with E-state index in [-0.39, 0.29) is 0 Å². The average molecular weight is 1450 g/mol. The van der Waals surface area contributed by atoms with E-state index < -0.39 is 347 Å². The molecule has 44 heteroatoms. The molecule has 5 aliphatic rings. The minimum atomic E-state index is -1.86. The number of rotatable bonds is 16. The first-order valence-electron chi connectivity index (χ1n) is 31.9. The molecule has 5 rings (SSSR count). The highest BCUT2D eigenvalue weighted by atomic mass is 16.6. The highest BCUT2D eigenvalue weighted by Gasteiger charge is 2.48. The molecule has 0 saturated carbocycles. The maximum Gasteiger partial charge on any atom is 0.243 e. The Kier molecular flexibility index (Phi) is 33.8. The van der Waals surface area contributed by atoms with Crippen molar-refractivity contribution in [2.75, 3.05) is 78.8 Å². The summed E-state index contributed by atoms with van der Waals surface area (Å²) in [5.41, 5.74) is 0. The van der Waals surface area contributed by atoms with Crippen LogP contribution in [0.4, 0.5) is 0 Å². The van der Waals surface area contributed by atoms with Crippen LogP contribution in [-0.4, -0.2) is 378 Å². The maximum absolute atomic E-state index is 13.7. The van der Waals surface area contributed by atoms with Crippen LogP contribution in [0.5, 0.6) is 0 Å². The van der Waals surface area contributed by atoms with Gasteiger partial charge in [-0.15, -0.1) is 0 Å². The molecular weight excluding hydrogens is 1350 g/mol. The molecule has 0 aliphatic carbocycles. The average Bonchev–Trinajstić information content (AvgIpc) is 0.836. The zero-order chi connectivity index (χ0) is 74.2. The summed E-state index contributed by atoms with van der Waals surface area (Å²) in [6.45, 7) is -10.9. The Morgan fingerprint density at radius 2 is 0.380 bits per heavy atom. The van der Waals surface area contributed by atoms with E-state index in [9.17, 15) is 139 Å². The third-order valence-electron chi connectivity index (χ3n) is 17.0. The third-order valence-corrected chi connectivity index (χ3v) is 17.0. The van der Waals surface area contributed by atoms with Gasteiger partial charge in [-0.25, -0.2) is 0 Å². The molecule has 0 spiro atoms. The number of aliphatic hydroxyl groups is 16. The lowest BCUT2D eigenvalue weighted by Crippen LogP contribution is -2.59. The minimum Gasteiger partial charge on any atom is -0.394 e. The zero-order valence-electron chi connectivity index (χ0n) is 53.7. The van der Waals surface area contributed by atoms with E-state index in [1.807, 2.05) is 0 Å². The molecule has 0 aromatic carbocycles. The number of carbonyl (C=O) groups is 12. The second kappa shape index (κ2) is 40.5. The summed E-state index contributed by atoms with van der Waals surface area (Å²) in [7, 11) is 0. The number of carbonyl (C=O) groups excluding carboxylic acids is 12. The number of hydrogen-bond donors (Lipinski definition) is 28. The van der Waals surface area contributed by atoms with Crippen LogP contribution in [0.2, 0.25) is 0 Å². The van der Waals surface area contributed by atoms with Crippen molar-refractivity contribution in [3.63, 3.8) is 0 Å². The lowest BCUT2D eigenvalue weighted by atomic mass is 9.92. The SMILES string of the molecule is O=C1CNC(=O)[C@H](CC[C@H]2O[C@H](CO)[C@H](O)[C@H](O)[C@H]2O)NC(=O)CNC(=O)CNC(=O)[C@H](CC[C@H]2O[C@H](CO)[C@H](O)[C@H](O)[C@H]2O)NC(=O)CNC(=O)CNC(=O)[C@H](CC[C@H]2O[C@H](CO)[C@H](O)[C@H](O)[C@H]2O)NC(=O)CNC(=O)CNC(=O)[C@H](CC[C@H]2O[C@H](CO)[C@H](O)[C@H](O)[C@H]2O)NC(=O)CN1. The van der Waals surface area contributed by atoms with E-state index in [1.165, 1.54) is 0 Å². The first kappa shape index (κ1) is 83.5. The van der Waals surface area contributed by atoms with E-state index in [4.69, 9.17) is 18.9 Å². The number of aliphatic hydroxyl groups excluding tert-OH is 16. The van der Waals surface area contributed by atoms with Gasteiger partial charge in [-0.3, -0.25) is 57.5 Å². The van der Waals surface area contributed by atoms with Crippen LogP contribution in [0.15, 0.2) is 0 Å². The molecule has 5 fully saturated rings. The Morgan fingerprint density at radius 3 is 0.550 bits per heavy atom. The summed E-state index contributed by atoms with van der Waals surface area (Å²) in [4.78, 5) is 161. The van der Waals surface area contributed by atoms with E-state index in [2.05, 4.69) is 63.8 Å². The number of ether oxygens (including phenoxy) is 4. The topological polar surface area (TPSA) is 710 Å². The third kappa shape index (κ3) is 24.5. The molecule has 568 valence electrons. The summed E-state index contributed by atoms with van der Waals surface area (Å²) in [5.74, 6) is -13.4. The summed E-state index contributed by atoms with van der Waals surface area (Å²) >= 11 is 0. The highest BCUT2D eigenvalue weighted by molar-refractivity contribution is 5.97. The Morgan fingerprint density at radius 1 is 0.220 bits per heavy atom. The largest absolute Gasteiger partial charge is 0.394 e. The van der Waals surface area contributed by atoms with E-state index in [0.29, 0.717) is 0 Å². The zero-order valence-corrected chi connectivity index (χ0v) is 53.7. The van der Waals surface area contributed by atoms with E-state index in [0.717, 1.165) is 0 Å². The number of nitrogens with one attached hydrogen (secondary N) is 12. The molecule has 5 heterocycles. The molecule has 24 atom stereocenters. The smallest absolute Gasteiger partial charge is 0.243 e. The molecule has 12 amide bonds. The first-order valence-corrected chi connectivity index (χ1v) is 31.9. The summed E-state index contributed by atoms with van der Waals surface area (Å²) in [6.07, 6.45) is -36.5. The lowest BCUT2D eigenvalue weighted by molar-refractivity contribution is -0.230. The fraction of sp³-hybridized carbons (Fsp3) is 0.786. The molecule has 0 aromatic heterocycles. The maximum atomic E-state index is 13.7. The van der Waals surface area contributed by atoms with Crippen LogP contribution >= 0.6 is 0 Å². The molecule has 28 N–H and O–H groups in total. The Bertz CT molecular complexity index is 2420. The monoisotopic (exact) mass is 1440 g/mol. The van der Waals surface area contributed by atoms with Gasteiger partial charge in [0.1, 0.15) is 122 Å². The van der Waals surface area contributed by atoms with Crippen molar-refractivity contribution in [2.45, 2.75) is 198 Å².